The van der Waals surface area contributed by atoms with Gasteiger partial charge < -0.3 is 5.32 Å². The van der Waals surface area contributed by atoms with Crippen LogP contribution >= 0.6 is 23.4 Å². The van der Waals surface area contributed by atoms with E-state index in [2.05, 4.69) is 5.32 Å². The number of carbonyl (C=O) groups is 1. The first-order valence-corrected chi connectivity index (χ1v) is 8.40. The summed E-state index contributed by atoms with van der Waals surface area (Å²) in [4.78, 5) is 12.9. The Kier molecular flexibility index (Phi) is 5.83. The number of aryl methyl sites for hydroxylation is 2. The third-order valence-electron chi connectivity index (χ3n) is 3.43. The lowest BCUT2D eigenvalue weighted by molar-refractivity contribution is -0.137. The van der Waals surface area contributed by atoms with Crippen molar-refractivity contribution in [3.05, 3.63) is 58.1 Å². The van der Waals surface area contributed by atoms with Gasteiger partial charge in [-0.05, 0) is 49.2 Å². The summed E-state index contributed by atoms with van der Waals surface area (Å²) in [5.74, 6) is -0.554. The molecule has 7 heteroatoms. The first-order chi connectivity index (χ1) is 11.2. The molecule has 0 fully saturated rings. The lowest BCUT2D eigenvalue weighted by Crippen LogP contribution is -2.18. The van der Waals surface area contributed by atoms with E-state index in [0.29, 0.717) is 0 Å². The van der Waals surface area contributed by atoms with Crippen molar-refractivity contribution < 1.29 is 18.0 Å². The molecule has 128 valence electrons. The molecule has 0 saturated carbocycles. The summed E-state index contributed by atoms with van der Waals surface area (Å²) in [5, 5.41) is 2.13. The van der Waals surface area contributed by atoms with Gasteiger partial charge in [0, 0.05) is 4.90 Å². The number of para-hydroxylation sites is 1. The second-order valence-corrected chi connectivity index (χ2v) is 6.70. The third kappa shape index (κ3) is 4.68. The van der Waals surface area contributed by atoms with Gasteiger partial charge in [0.2, 0.25) is 5.91 Å². The fraction of sp³-hybridized carbons (Fsp3) is 0.235. The van der Waals surface area contributed by atoms with Gasteiger partial charge in [0.25, 0.3) is 0 Å². The van der Waals surface area contributed by atoms with E-state index in [1.165, 1.54) is 23.9 Å². The van der Waals surface area contributed by atoms with Crippen LogP contribution in [0.15, 0.2) is 41.3 Å². The Morgan fingerprint density at radius 3 is 2.50 bits per heavy atom. The van der Waals surface area contributed by atoms with Crippen LogP contribution in [0.4, 0.5) is 18.9 Å². The molecule has 0 radical (unpaired) electrons. The molecular weight excluding hydrogens is 359 g/mol. The Hall–Kier alpha value is -1.66. The van der Waals surface area contributed by atoms with Crippen molar-refractivity contribution in [2.75, 3.05) is 11.1 Å². The van der Waals surface area contributed by atoms with Gasteiger partial charge in [-0.25, -0.2) is 0 Å². The number of alkyl halides is 3. The number of benzene rings is 2. The molecule has 0 heterocycles. The van der Waals surface area contributed by atoms with Crippen molar-refractivity contribution >= 4 is 35.0 Å². The second-order valence-electron chi connectivity index (χ2n) is 5.24. The van der Waals surface area contributed by atoms with Crippen LogP contribution in [0, 0.1) is 13.8 Å². The smallest absolute Gasteiger partial charge is 0.324 e. The van der Waals surface area contributed by atoms with Crippen LogP contribution < -0.4 is 5.32 Å². The van der Waals surface area contributed by atoms with Crippen molar-refractivity contribution in [3.63, 3.8) is 0 Å². The molecule has 1 N–H and O–H groups in total. The zero-order valence-electron chi connectivity index (χ0n) is 13.0. The quantitative estimate of drug-likeness (QED) is 0.696. The van der Waals surface area contributed by atoms with E-state index in [1.54, 1.807) is 0 Å². The summed E-state index contributed by atoms with van der Waals surface area (Å²) >= 11 is 7.07. The summed E-state index contributed by atoms with van der Waals surface area (Å²) in [6.45, 7) is 3.94. The highest BCUT2D eigenvalue weighted by Crippen LogP contribution is 2.38. The zero-order chi connectivity index (χ0) is 17.9. The van der Waals surface area contributed by atoms with Gasteiger partial charge in [-0.2, -0.15) is 13.2 Å². The molecule has 0 bridgehead atoms. The van der Waals surface area contributed by atoms with Crippen LogP contribution in [-0.4, -0.2) is 11.7 Å². The number of carbonyl (C=O) groups excluding carboxylic acids is 1. The summed E-state index contributed by atoms with van der Waals surface area (Å²) in [6.07, 6.45) is -4.59. The molecule has 0 aliphatic rings. The van der Waals surface area contributed by atoms with Crippen molar-refractivity contribution in [3.8, 4) is 0 Å². The molecule has 1 amide bonds. The minimum absolute atomic E-state index is 0.00891. The standard InChI is InChI=1S/C17H15ClF3NOS/c1-10-6-7-12(8-11(10)2)24-9-15(23)22-16-13(17(19,20)21)4-3-5-14(16)18/h3-8H,9H2,1-2H3,(H,22,23). The molecule has 2 aromatic carbocycles. The summed E-state index contributed by atoms with van der Waals surface area (Å²) in [6, 6.07) is 9.14. The van der Waals surface area contributed by atoms with E-state index in [1.807, 2.05) is 32.0 Å². The number of nitrogens with one attached hydrogen (secondary N) is 1. The molecule has 2 nitrogen and oxygen atoms in total. The molecule has 0 aliphatic heterocycles. The monoisotopic (exact) mass is 373 g/mol. The van der Waals surface area contributed by atoms with E-state index >= 15 is 0 Å². The van der Waals surface area contributed by atoms with E-state index in [4.69, 9.17) is 11.6 Å². The van der Waals surface area contributed by atoms with Crippen molar-refractivity contribution in [2.24, 2.45) is 0 Å². The molecule has 0 aromatic heterocycles. The maximum atomic E-state index is 13.0. The number of hydrogen-bond acceptors (Lipinski definition) is 2. The van der Waals surface area contributed by atoms with Gasteiger partial charge in [-0.1, -0.05) is 23.7 Å². The summed E-state index contributed by atoms with van der Waals surface area (Å²) in [7, 11) is 0. The lowest BCUT2D eigenvalue weighted by Gasteiger charge is -2.15. The largest absolute Gasteiger partial charge is 0.418 e. The first kappa shape index (κ1) is 18.7. The van der Waals surface area contributed by atoms with Crippen LogP contribution in [0.25, 0.3) is 0 Å². The molecule has 0 unspecified atom stereocenters. The Balaban J connectivity index is 2.09. The number of anilines is 1. The number of hydrogen-bond donors (Lipinski definition) is 1. The topological polar surface area (TPSA) is 29.1 Å². The lowest BCUT2D eigenvalue weighted by atomic mass is 10.1. The molecule has 0 saturated heterocycles. The number of amides is 1. The number of rotatable bonds is 4. The highest BCUT2D eigenvalue weighted by atomic mass is 35.5. The molecule has 0 aliphatic carbocycles. The van der Waals surface area contributed by atoms with Crippen LogP contribution in [-0.2, 0) is 11.0 Å². The third-order valence-corrected chi connectivity index (χ3v) is 4.74. The minimum atomic E-state index is -4.59. The molecule has 0 spiro atoms. The summed E-state index contributed by atoms with van der Waals surface area (Å²) < 4.78 is 39.0. The zero-order valence-corrected chi connectivity index (χ0v) is 14.6. The van der Waals surface area contributed by atoms with Gasteiger partial charge in [-0.3, -0.25) is 4.79 Å². The highest BCUT2D eigenvalue weighted by molar-refractivity contribution is 8.00. The number of halogens is 4. The minimum Gasteiger partial charge on any atom is -0.324 e. The van der Waals surface area contributed by atoms with Gasteiger partial charge in [0.05, 0.1) is 22.0 Å². The van der Waals surface area contributed by atoms with Crippen molar-refractivity contribution in [1.82, 2.24) is 0 Å². The Morgan fingerprint density at radius 1 is 1.17 bits per heavy atom. The van der Waals surface area contributed by atoms with Crippen LogP contribution in [0.3, 0.4) is 0 Å². The summed E-state index contributed by atoms with van der Waals surface area (Å²) in [5.41, 5.74) is 0.859. The molecule has 0 atom stereocenters. The van der Waals surface area contributed by atoms with Gasteiger partial charge in [0.1, 0.15) is 0 Å². The number of thioether (sulfide) groups is 1. The average Bonchev–Trinajstić information content (AvgIpc) is 2.49. The molecule has 24 heavy (non-hydrogen) atoms. The second kappa shape index (κ2) is 7.49. The fourth-order valence-corrected chi connectivity index (χ4v) is 3.03. The predicted molar refractivity (Wildman–Crippen MR) is 91.7 cm³/mol. The van der Waals surface area contributed by atoms with Gasteiger partial charge >= 0.3 is 6.18 Å². The molecule has 2 rings (SSSR count). The predicted octanol–water partition coefficient (Wildman–Crippen LogP) is 5.71. The van der Waals surface area contributed by atoms with E-state index in [9.17, 15) is 18.0 Å². The normalized spacial score (nSPS) is 11.4. The van der Waals surface area contributed by atoms with Crippen LogP contribution in [0.2, 0.25) is 5.02 Å². The van der Waals surface area contributed by atoms with E-state index in [0.717, 1.165) is 22.1 Å². The fourth-order valence-electron chi connectivity index (χ4n) is 2.02. The van der Waals surface area contributed by atoms with E-state index < -0.39 is 23.3 Å². The van der Waals surface area contributed by atoms with Crippen LogP contribution in [0.5, 0.6) is 0 Å². The van der Waals surface area contributed by atoms with E-state index in [-0.39, 0.29) is 10.8 Å². The Bertz CT molecular complexity index is 762. The average molecular weight is 374 g/mol. The Labute approximate surface area is 147 Å². The SMILES string of the molecule is Cc1ccc(SCC(=O)Nc2c(Cl)cccc2C(F)(F)F)cc1C. The van der Waals surface area contributed by atoms with Crippen LogP contribution in [0.1, 0.15) is 16.7 Å². The highest BCUT2D eigenvalue weighted by Gasteiger charge is 2.34. The maximum Gasteiger partial charge on any atom is 0.418 e. The molecular formula is C17H15ClF3NOS. The maximum absolute atomic E-state index is 13.0. The van der Waals surface area contributed by atoms with Gasteiger partial charge in [0.15, 0.2) is 0 Å². The van der Waals surface area contributed by atoms with Gasteiger partial charge in [-0.15, -0.1) is 11.8 Å². The van der Waals surface area contributed by atoms with Crippen molar-refractivity contribution in [1.29, 1.82) is 0 Å². The van der Waals surface area contributed by atoms with Crippen molar-refractivity contribution in [2.45, 2.75) is 24.9 Å². The first-order valence-electron chi connectivity index (χ1n) is 7.04. The molecule has 2 aromatic rings. The Morgan fingerprint density at radius 2 is 1.88 bits per heavy atom.